The molecule has 7 heteroatoms. The zero-order valence-electron chi connectivity index (χ0n) is 13.9. The van der Waals surface area contributed by atoms with Gasteiger partial charge in [-0.1, -0.05) is 23.7 Å². The number of halogens is 1. The first-order valence-corrected chi connectivity index (χ1v) is 9.46. The molecule has 2 aliphatic heterocycles. The first-order chi connectivity index (χ1) is 12.1. The lowest BCUT2D eigenvalue weighted by molar-refractivity contribution is -0.149. The molecular formula is C18H19ClN2O3S. The summed E-state index contributed by atoms with van der Waals surface area (Å²) in [6.45, 7) is 3.54. The molecule has 1 aromatic carbocycles. The molecule has 1 fully saturated rings. The Kier molecular flexibility index (Phi) is 5.81. The predicted molar refractivity (Wildman–Crippen MR) is 100 cm³/mol. The summed E-state index contributed by atoms with van der Waals surface area (Å²) in [5, 5.41) is 1.32. The molecule has 25 heavy (non-hydrogen) atoms. The SMILES string of the molecule is CCOC(=O)[C@@H]1CCCN(C2=NC(=O)/C(=C/c3ccc(Cl)cc3)S2)C1. The van der Waals surface area contributed by atoms with Gasteiger partial charge in [-0.2, -0.15) is 4.99 Å². The number of aliphatic imine (C=N–C) groups is 1. The van der Waals surface area contributed by atoms with Crippen molar-refractivity contribution >= 4 is 46.5 Å². The van der Waals surface area contributed by atoms with E-state index >= 15 is 0 Å². The number of esters is 1. The van der Waals surface area contributed by atoms with Crippen LogP contribution in [0.1, 0.15) is 25.3 Å². The minimum Gasteiger partial charge on any atom is -0.466 e. The van der Waals surface area contributed by atoms with E-state index in [-0.39, 0.29) is 17.8 Å². The molecule has 2 aliphatic rings. The number of hydrogen-bond donors (Lipinski definition) is 0. The lowest BCUT2D eigenvalue weighted by atomic mass is 9.99. The molecule has 0 saturated carbocycles. The number of thioether (sulfide) groups is 1. The molecule has 1 aromatic rings. The molecule has 1 atom stereocenters. The van der Waals surface area contributed by atoms with Crippen LogP contribution in [0.4, 0.5) is 0 Å². The van der Waals surface area contributed by atoms with Gasteiger partial charge in [-0.3, -0.25) is 9.59 Å². The van der Waals surface area contributed by atoms with Crippen molar-refractivity contribution in [2.24, 2.45) is 10.9 Å². The minimum atomic E-state index is -0.242. The second kappa shape index (κ2) is 8.06. The summed E-state index contributed by atoms with van der Waals surface area (Å²) in [7, 11) is 0. The fraction of sp³-hybridized carbons (Fsp3) is 0.389. The first kappa shape index (κ1) is 18.0. The molecule has 0 unspecified atom stereocenters. The molecule has 0 N–H and O–H groups in total. The summed E-state index contributed by atoms with van der Waals surface area (Å²) in [6, 6.07) is 7.29. The Morgan fingerprint density at radius 1 is 1.44 bits per heavy atom. The van der Waals surface area contributed by atoms with Gasteiger partial charge in [0.2, 0.25) is 0 Å². The number of amidine groups is 1. The van der Waals surface area contributed by atoms with Crippen molar-refractivity contribution < 1.29 is 14.3 Å². The van der Waals surface area contributed by atoms with Crippen LogP contribution in [0.5, 0.6) is 0 Å². The van der Waals surface area contributed by atoms with E-state index in [4.69, 9.17) is 16.3 Å². The molecule has 0 aliphatic carbocycles. The van der Waals surface area contributed by atoms with E-state index in [1.165, 1.54) is 11.8 Å². The lowest BCUT2D eigenvalue weighted by Gasteiger charge is -2.32. The van der Waals surface area contributed by atoms with E-state index in [0.29, 0.717) is 28.2 Å². The van der Waals surface area contributed by atoms with Crippen molar-refractivity contribution in [3.05, 3.63) is 39.8 Å². The quantitative estimate of drug-likeness (QED) is 0.594. The van der Waals surface area contributed by atoms with Crippen LogP contribution in [0.3, 0.4) is 0 Å². The standard InChI is InChI=1S/C18H19ClN2O3S/c1-2-24-17(23)13-4-3-9-21(11-13)18-20-16(22)15(25-18)10-12-5-7-14(19)8-6-12/h5-8,10,13H,2-4,9,11H2,1H3/b15-10-/t13-/m1/s1. The third-order valence-electron chi connectivity index (χ3n) is 4.09. The molecular weight excluding hydrogens is 360 g/mol. The Bertz CT molecular complexity index is 730. The van der Waals surface area contributed by atoms with Gasteiger partial charge in [0.25, 0.3) is 5.91 Å². The molecule has 132 valence electrons. The third kappa shape index (κ3) is 4.44. The number of benzene rings is 1. The zero-order chi connectivity index (χ0) is 17.8. The van der Waals surface area contributed by atoms with Gasteiger partial charge in [-0.05, 0) is 55.3 Å². The molecule has 0 aromatic heterocycles. The highest BCUT2D eigenvalue weighted by atomic mass is 35.5. The van der Waals surface area contributed by atoms with Gasteiger partial charge in [-0.25, -0.2) is 0 Å². The molecule has 0 radical (unpaired) electrons. The monoisotopic (exact) mass is 378 g/mol. The Morgan fingerprint density at radius 3 is 2.92 bits per heavy atom. The van der Waals surface area contributed by atoms with Crippen LogP contribution in [-0.4, -0.2) is 41.6 Å². The molecule has 0 spiro atoms. The minimum absolute atomic E-state index is 0.156. The van der Waals surface area contributed by atoms with E-state index in [2.05, 4.69) is 4.99 Å². The maximum absolute atomic E-state index is 12.2. The van der Waals surface area contributed by atoms with E-state index in [9.17, 15) is 9.59 Å². The van der Waals surface area contributed by atoms with Crippen LogP contribution in [-0.2, 0) is 14.3 Å². The van der Waals surface area contributed by atoms with Crippen LogP contribution in [0.25, 0.3) is 6.08 Å². The highest BCUT2D eigenvalue weighted by Gasteiger charge is 2.32. The highest BCUT2D eigenvalue weighted by Crippen LogP contribution is 2.32. The maximum Gasteiger partial charge on any atom is 0.310 e. The first-order valence-electron chi connectivity index (χ1n) is 8.26. The van der Waals surface area contributed by atoms with Crippen molar-refractivity contribution in [1.82, 2.24) is 4.90 Å². The topological polar surface area (TPSA) is 59.0 Å². The number of piperidine rings is 1. The summed E-state index contributed by atoms with van der Waals surface area (Å²) in [5.74, 6) is -0.566. The summed E-state index contributed by atoms with van der Waals surface area (Å²) in [4.78, 5) is 30.9. The van der Waals surface area contributed by atoms with Crippen LogP contribution >= 0.6 is 23.4 Å². The molecule has 5 nitrogen and oxygen atoms in total. The van der Waals surface area contributed by atoms with Crippen LogP contribution in [0, 0.1) is 5.92 Å². The fourth-order valence-electron chi connectivity index (χ4n) is 2.85. The largest absolute Gasteiger partial charge is 0.466 e. The smallest absolute Gasteiger partial charge is 0.310 e. The van der Waals surface area contributed by atoms with Crippen molar-refractivity contribution in [2.45, 2.75) is 19.8 Å². The summed E-state index contributed by atoms with van der Waals surface area (Å²) in [6.07, 6.45) is 3.51. The Balaban J connectivity index is 1.68. The number of rotatable bonds is 3. The van der Waals surface area contributed by atoms with Crippen molar-refractivity contribution in [1.29, 1.82) is 0 Å². The number of ether oxygens (including phenoxy) is 1. The highest BCUT2D eigenvalue weighted by molar-refractivity contribution is 8.18. The molecule has 0 bridgehead atoms. The van der Waals surface area contributed by atoms with Gasteiger partial charge in [0.15, 0.2) is 5.17 Å². The van der Waals surface area contributed by atoms with Crippen LogP contribution in [0.15, 0.2) is 34.2 Å². The number of carbonyl (C=O) groups excluding carboxylic acids is 2. The zero-order valence-corrected chi connectivity index (χ0v) is 15.5. The normalized spacial score (nSPS) is 22.2. The van der Waals surface area contributed by atoms with Gasteiger partial charge < -0.3 is 9.64 Å². The van der Waals surface area contributed by atoms with Crippen LogP contribution in [0.2, 0.25) is 5.02 Å². The summed E-state index contributed by atoms with van der Waals surface area (Å²) >= 11 is 7.24. The van der Waals surface area contributed by atoms with E-state index in [0.717, 1.165) is 24.9 Å². The number of likely N-dealkylation sites (tertiary alicyclic amines) is 1. The molecule has 3 rings (SSSR count). The molecule has 2 heterocycles. The Morgan fingerprint density at radius 2 is 2.20 bits per heavy atom. The van der Waals surface area contributed by atoms with Gasteiger partial charge >= 0.3 is 5.97 Å². The Hall–Kier alpha value is -1.79. The molecule has 1 amide bonds. The van der Waals surface area contributed by atoms with Gasteiger partial charge in [0, 0.05) is 18.1 Å². The summed E-state index contributed by atoms with van der Waals surface area (Å²) in [5.41, 5.74) is 0.903. The second-order valence-electron chi connectivity index (χ2n) is 5.90. The number of nitrogens with zero attached hydrogens (tertiary/aromatic N) is 2. The third-order valence-corrected chi connectivity index (χ3v) is 5.39. The average Bonchev–Trinajstić information content (AvgIpc) is 2.98. The van der Waals surface area contributed by atoms with E-state index in [1.807, 2.05) is 30.0 Å². The number of amides is 1. The van der Waals surface area contributed by atoms with Crippen molar-refractivity contribution in [2.75, 3.05) is 19.7 Å². The average molecular weight is 379 g/mol. The predicted octanol–water partition coefficient (Wildman–Crippen LogP) is 3.59. The number of carbonyl (C=O) groups is 2. The van der Waals surface area contributed by atoms with Gasteiger partial charge in [-0.15, -0.1) is 0 Å². The van der Waals surface area contributed by atoms with Gasteiger partial charge in [0.05, 0.1) is 17.4 Å². The van der Waals surface area contributed by atoms with Crippen LogP contribution < -0.4 is 0 Å². The number of hydrogen-bond acceptors (Lipinski definition) is 5. The summed E-state index contributed by atoms with van der Waals surface area (Å²) < 4.78 is 5.12. The fourth-order valence-corrected chi connectivity index (χ4v) is 3.92. The van der Waals surface area contributed by atoms with Crippen molar-refractivity contribution in [3.63, 3.8) is 0 Å². The van der Waals surface area contributed by atoms with E-state index < -0.39 is 0 Å². The van der Waals surface area contributed by atoms with E-state index in [1.54, 1.807) is 12.1 Å². The maximum atomic E-state index is 12.2. The van der Waals surface area contributed by atoms with Gasteiger partial charge in [0.1, 0.15) is 0 Å². The lowest BCUT2D eigenvalue weighted by Crippen LogP contribution is -2.41. The molecule has 1 saturated heterocycles. The second-order valence-corrected chi connectivity index (χ2v) is 7.34. The van der Waals surface area contributed by atoms with Crippen molar-refractivity contribution in [3.8, 4) is 0 Å². The Labute approximate surface area is 156 Å².